The summed E-state index contributed by atoms with van der Waals surface area (Å²) in [5.74, 6) is 0. The maximum absolute atomic E-state index is 11.9. The summed E-state index contributed by atoms with van der Waals surface area (Å²) in [6.45, 7) is 3.78. The molecular formula is C11H16N2O. The van der Waals surface area contributed by atoms with Crippen LogP contribution in [-0.4, -0.2) is 11.1 Å². The van der Waals surface area contributed by atoms with Gasteiger partial charge in [-0.1, -0.05) is 6.07 Å². The van der Waals surface area contributed by atoms with Gasteiger partial charge in [0, 0.05) is 24.3 Å². The van der Waals surface area contributed by atoms with E-state index in [1.807, 2.05) is 25.3 Å². The van der Waals surface area contributed by atoms with Crippen molar-refractivity contribution in [1.29, 1.82) is 0 Å². The number of pyridine rings is 1. The maximum atomic E-state index is 11.9. The van der Waals surface area contributed by atoms with Crippen LogP contribution in [0.1, 0.15) is 31.4 Å². The van der Waals surface area contributed by atoms with Crippen LogP contribution in [0.25, 0.3) is 0 Å². The van der Waals surface area contributed by atoms with E-state index in [2.05, 4.69) is 5.32 Å². The van der Waals surface area contributed by atoms with Crippen LogP contribution >= 0.6 is 0 Å². The third-order valence-electron chi connectivity index (χ3n) is 2.83. The molecule has 0 aromatic carbocycles. The number of rotatable bonds is 2. The second kappa shape index (κ2) is 3.96. The van der Waals surface area contributed by atoms with Crippen molar-refractivity contribution in [2.75, 3.05) is 6.54 Å². The molecule has 14 heavy (non-hydrogen) atoms. The minimum absolute atomic E-state index is 0.161. The topological polar surface area (TPSA) is 34.0 Å². The molecule has 0 amide bonds. The molecule has 1 atom stereocenters. The van der Waals surface area contributed by atoms with Crippen LogP contribution in [0.15, 0.2) is 23.1 Å². The molecule has 3 heteroatoms. The molecule has 1 aliphatic rings. The third-order valence-corrected chi connectivity index (χ3v) is 2.83. The molecule has 0 radical (unpaired) electrons. The van der Waals surface area contributed by atoms with Crippen molar-refractivity contribution in [2.45, 2.75) is 32.4 Å². The van der Waals surface area contributed by atoms with Crippen LogP contribution in [0.5, 0.6) is 0 Å². The van der Waals surface area contributed by atoms with Gasteiger partial charge in [0.25, 0.3) is 5.56 Å². The van der Waals surface area contributed by atoms with Crippen molar-refractivity contribution in [3.05, 3.63) is 34.2 Å². The Hall–Kier alpha value is -1.09. The molecule has 2 rings (SSSR count). The normalized spacial score (nSPS) is 21.4. The van der Waals surface area contributed by atoms with Crippen LogP contribution in [0, 0.1) is 0 Å². The second-order valence-corrected chi connectivity index (χ2v) is 3.70. The van der Waals surface area contributed by atoms with Gasteiger partial charge in [-0.05, 0) is 32.4 Å². The van der Waals surface area contributed by atoms with Crippen molar-refractivity contribution in [3.63, 3.8) is 0 Å². The highest BCUT2D eigenvalue weighted by molar-refractivity contribution is 5.16. The van der Waals surface area contributed by atoms with E-state index in [1.54, 1.807) is 4.57 Å². The van der Waals surface area contributed by atoms with Gasteiger partial charge in [0.2, 0.25) is 0 Å². The summed E-state index contributed by atoms with van der Waals surface area (Å²) in [4.78, 5) is 11.9. The molecule has 1 aromatic heterocycles. The molecule has 1 aliphatic heterocycles. The molecule has 3 nitrogen and oxygen atoms in total. The number of aryl methyl sites for hydroxylation is 1. The highest BCUT2D eigenvalue weighted by Crippen LogP contribution is 2.19. The predicted molar refractivity (Wildman–Crippen MR) is 56.4 cm³/mol. The van der Waals surface area contributed by atoms with E-state index in [0.29, 0.717) is 0 Å². The number of nitrogens with one attached hydrogen (secondary N) is 1. The molecule has 1 N–H and O–H groups in total. The lowest BCUT2D eigenvalue weighted by Crippen LogP contribution is -2.27. The van der Waals surface area contributed by atoms with Gasteiger partial charge >= 0.3 is 0 Å². The Labute approximate surface area is 83.8 Å². The van der Waals surface area contributed by atoms with Crippen LogP contribution in [0.2, 0.25) is 0 Å². The first-order valence-corrected chi connectivity index (χ1v) is 5.25. The average molecular weight is 192 g/mol. The van der Waals surface area contributed by atoms with Gasteiger partial charge in [-0.25, -0.2) is 0 Å². The van der Waals surface area contributed by atoms with Crippen molar-refractivity contribution in [1.82, 2.24) is 9.88 Å². The summed E-state index contributed by atoms with van der Waals surface area (Å²) in [5, 5.41) is 3.35. The van der Waals surface area contributed by atoms with Crippen LogP contribution in [0.3, 0.4) is 0 Å². The molecule has 0 aliphatic carbocycles. The van der Waals surface area contributed by atoms with E-state index in [1.165, 1.54) is 6.42 Å². The molecule has 0 bridgehead atoms. The van der Waals surface area contributed by atoms with Crippen molar-refractivity contribution in [2.24, 2.45) is 0 Å². The largest absolute Gasteiger partial charge is 0.316 e. The Morgan fingerprint density at radius 2 is 2.50 bits per heavy atom. The molecule has 0 spiro atoms. The molecule has 2 heterocycles. The van der Waals surface area contributed by atoms with Gasteiger partial charge in [-0.15, -0.1) is 0 Å². The van der Waals surface area contributed by atoms with Crippen LogP contribution < -0.4 is 10.9 Å². The van der Waals surface area contributed by atoms with Gasteiger partial charge in [0.15, 0.2) is 0 Å². The van der Waals surface area contributed by atoms with Crippen LogP contribution in [-0.2, 0) is 6.54 Å². The molecular weight excluding hydrogens is 176 g/mol. The fraction of sp³-hybridized carbons (Fsp3) is 0.545. The summed E-state index contributed by atoms with van der Waals surface area (Å²) in [5.41, 5.74) is 1.08. The minimum atomic E-state index is 0.161. The van der Waals surface area contributed by atoms with Crippen LogP contribution in [0.4, 0.5) is 0 Å². The zero-order valence-electron chi connectivity index (χ0n) is 8.49. The van der Waals surface area contributed by atoms with Gasteiger partial charge in [0.05, 0.1) is 0 Å². The molecule has 76 valence electrons. The minimum Gasteiger partial charge on any atom is -0.316 e. The zero-order valence-corrected chi connectivity index (χ0v) is 8.49. The SMILES string of the molecule is CCn1cccc([C@@H]2CCCN2)c1=O. The van der Waals surface area contributed by atoms with Crippen molar-refractivity contribution < 1.29 is 0 Å². The lowest BCUT2D eigenvalue weighted by atomic mass is 10.1. The fourth-order valence-electron chi connectivity index (χ4n) is 2.02. The van der Waals surface area contributed by atoms with Crippen molar-refractivity contribution >= 4 is 0 Å². The first-order valence-electron chi connectivity index (χ1n) is 5.25. The molecule has 1 aromatic rings. The summed E-state index contributed by atoms with van der Waals surface area (Å²) in [6.07, 6.45) is 4.11. The molecule has 1 fully saturated rings. The smallest absolute Gasteiger partial charge is 0.255 e. The van der Waals surface area contributed by atoms with E-state index in [4.69, 9.17) is 0 Å². The quantitative estimate of drug-likeness (QED) is 0.766. The van der Waals surface area contributed by atoms with Gasteiger partial charge in [-0.2, -0.15) is 0 Å². The highest BCUT2D eigenvalue weighted by Gasteiger charge is 2.19. The highest BCUT2D eigenvalue weighted by atomic mass is 16.1. The first-order chi connectivity index (χ1) is 6.83. The van der Waals surface area contributed by atoms with E-state index in [9.17, 15) is 4.79 Å². The number of aromatic nitrogens is 1. The predicted octanol–water partition coefficient (Wildman–Crippen LogP) is 1.29. The summed E-state index contributed by atoms with van der Waals surface area (Å²) in [6, 6.07) is 4.18. The Bertz CT molecular complexity index is 364. The van der Waals surface area contributed by atoms with Gasteiger partial charge in [-0.3, -0.25) is 4.79 Å². The van der Waals surface area contributed by atoms with E-state index in [-0.39, 0.29) is 11.6 Å². The lowest BCUT2D eigenvalue weighted by molar-refractivity contribution is 0.617. The zero-order chi connectivity index (χ0) is 9.97. The molecule has 0 saturated carbocycles. The Morgan fingerprint density at radius 1 is 1.64 bits per heavy atom. The summed E-state index contributed by atoms with van der Waals surface area (Å²) >= 11 is 0. The van der Waals surface area contributed by atoms with E-state index < -0.39 is 0 Å². The average Bonchev–Trinajstić information content (AvgIpc) is 2.71. The molecule has 1 saturated heterocycles. The monoisotopic (exact) mass is 192 g/mol. The fourth-order valence-corrected chi connectivity index (χ4v) is 2.02. The summed E-state index contributed by atoms with van der Waals surface area (Å²) < 4.78 is 1.76. The number of nitrogens with zero attached hydrogens (tertiary/aromatic N) is 1. The molecule has 0 unspecified atom stereocenters. The Kier molecular flexibility index (Phi) is 2.68. The maximum Gasteiger partial charge on any atom is 0.255 e. The van der Waals surface area contributed by atoms with Crippen molar-refractivity contribution in [3.8, 4) is 0 Å². The number of hydrogen-bond donors (Lipinski definition) is 1. The lowest BCUT2D eigenvalue weighted by Gasteiger charge is -2.11. The van der Waals surface area contributed by atoms with Gasteiger partial charge in [0.1, 0.15) is 0 Å². The van der Waals surface area contributed by atoms with Gasteiger partial charge < -0.3 is 9.88 Å². The van der Waals surface area contributed by atoms with E-state index >= 15 is 0 Å². The van der Waals surface area contributed by atoms with E-state index in [0.717, 1.165) is 25.1 Å². The second-order valence-electron chi connectivity index (χ2n) is 3.70. The first kappa shape index (κ1) is 9.46. The Balaban J connectivity index is 2.37. The summed E-state index contributed by atoms with van der Waals surface area (Å²) in [7, 11) is 0. The number of hydrogen-bond acceptors (Lipinski definition) is 2. The standard InChI is InChI=1S/C11H16N2O/c1-2-13-8-4-5-9(11(13)14)10-6-3-7-12-10/h4-5,8,10,12H,2-3,6-7H2,1H3/t10-/m0/s1. The Morgan fingerprint density at radius 3 is 3.14 bits per heavy atom. The third kappa shape index (κ3) is 1.60.